The number of nitrogens with zero attached hydrogens (tertiary/aromatic N) is 5. The molecule has 1 aromatic heterocycles. The number of aliphatic imine (C=N–C) groups is 1. The van der Waals surface area contributed by atoms with Crippen LogP contribution < -0.4 is 15.0 Å². The highest BCUT2D eigenvalue weighted by molar-refractivity contribution is 8.15. The SMILES string of the molecule is COc1ccc(COCC(F)(F)F)c(N2C(=O)CS/C2=N\C(=O)Nc2ccc(-c3ncn(-c4ccc(S(=O)C(F)(F)F)cc4)n3)cc2F)c1. The summed E-state index contributed by atoms with van der Waals surface area (Å²) in [5.74, 6) is -1.29. The Labute approximate surface area is 278 Å². The number of aromatic nitrogens is 3. The van der Waals surface area contributed by atoms with Gasteiger partial charge in [0.2, 0.25) is 5.91 Å². The number of halogens is 7. The molecule has 1 aliphatic heterocycles. The first-order valence-corrected chi connectivity index (χ1v) is 15.7. The monoisotopic (exact) mass is 730 g/mol. The van der Waals surface area contributed by atoms with Gasteiger partial charge in [0.25, 0.3) is 0 Å². The zero-order valence-electron chi connectivity index (χ0n) is 24.7. The number of rotatable bonds is 9. The second-order valence-electron chi connectivity index (χ2n) is 9.86. The van der Waals surface area contributed by atoms with Gasteiger partial charge in [-0.3, -0.25) is 9.69 Å². The molecular weight excluding hydrogens is 709 g/mol. The topological polar surface area (TPSA) is 128 Å². The van der Waals surface area contributed by atoms with Gasteiger partial charge < -0.3 is 14.8 Å². The van der Waals surface area contributed by atoms with E-state index < -0.39 is 58.3 Å². The van der Waals surface area contributed by atoms with E-state index in [-0.39, 0.29) is 50.7 Å². The van der Waals surface area contributed by atoms with E-state index in [0.29, 0.717) is 0 Å². The Morgan fingerprint density at radius 2 is 1.80 bits per heavy atom. The van der Waals surface area contributed by atoms with Crippen LogP contribution in [0.1, 0.15) is 5.56 Å². The fraction of sp³-hybridized carbons (Fsp3) is 0.207. The summed E-state index contributed by atoms with van der Waals surface area (Å²) in [5, 5.41) is 6.33. The van der Waals surface area contributed by atoms with Crippen LogP contribution >= 0.6 is 11.8 Å². The van der Waals surface area contributed by atoms with E-state index in [0.717, 1.165) is 34.9 Å². The molecule has 0 radical (unpaired) electrons. The number of amidine groups is 1. The van der Waals surface area contributed by atoms with Gasteiger partial charge >= 0.3 is 17.7 Å². The minimum Gasteiger partial charge on any atom is -0.497 e. The normalized spacial score (nSPS) is 15.1. The summed E-state index contributed by atoms with van der Waals surface area (Å²) < 4.78 is 114. The molecule has 0 aliphatic carbocycles. The molecule has 1 fully saturated rings. The molecule has 1 aliphatic rings. The molecule has 1 saturated heterocycles. The quantitative estimate of drug-likeness (QED) is 0.195. The van der Waals surface area contributed by atoms with Gasteiger partial charge in [-0.05, 0) is 48.5 Å². The van der Waals surface area contributed by atoms with E-state index in [2.05, 4.69) is 20.4 Å². The van der Waals surface area contributed by atoms with Gasteiger partial charge in [-0.25, -0.2) is 23.1 Å². The van der Waals surface area contributed by atoms with Crippen molar-refractivity contribution in [1.82, 2.24) is 14.8 Å². The maximum Gasteiger partial charge on any atom is 0.475 e. The number of anilines is 2. The van der Waals surface area contributed by atoms with Crippen LogP contribution in [-0.2, 0) is 26.9 Å². The highest BCUT2D eigenvalue weighted by Gasteiger charge is 2.38. The fourth-order valence-corrected chi connectivity index (χ4v) is 5.83. The molecule has 0 spiro atoms. The largest absolute Gasteiger partial charge is 0.497 e. The summed E-state index contributed by atoms with van der Waals surface area (Å²) in [6.07, 6.45) is -3.35. The Morgan fingerprint density at radius 1 is 1.06 bits per heavy atom. The number of ether oxygens (including phenoxy) is 2. The number of amides is 3. The molecule has 49 heavy (non-hydrogen) atoms. The number of alkyl halides is 6. The van der Waals surface area contributed by atoms with E-state index in [1.165, 1.54) is 60.6 Å². The summed E-state index contributed by atoms with van der Waals surface area (Å²) in [7, 11) is -1.86. The molecule has 5 rings (SSSR count). The van der Waals surface area contributed by atoms with Crippen LogP contribution in [0.3, 0.4) is 0 Å². The zero-order chi connectivity index (χ0) is 35.5. The molecule has 3 amide bonds. The van der Waals surface area contributed by atoms with Crippen LogP contribution in [-0.4, -0.2) is 67.2 Å². The smallest absolute Gasteiger partial charge is 0.475 e. The Hall–Kier alpha value is -4.82. The van der Waals surface area contributed by atoms with Crippen LogP contribution in [0.15, 0.2) is 76.9 Å². The highest BCUT2D eigenvalue weighted by atomic mass is 32.2. The van der Waals surface area contributed by atoms with E-state index in [1.807, 2.05) is 0 Å². The van der Waals surface area contributed by atoms with E-state index >= 15 is 4.39 Å². The molecule has 1 N–H and O–H groups in total. The predicted molar refractivity (Wildman–Crippen MR) is 164 cm³/mol. The third kappa shape index (κ3) is 8.62. The molecule has 0 bridgehead atoms. The van der Waals surface area contributed by atoms with Gasteiger partial charge in [-0.15, -0.1) is 5.10 Å². The van der Waals surface area contributed by atoms with Crippen molar-refractivity contribution in [2.75, 3.05) is 29.7 Å². The van der Waals surface area contributed by atoms with Crippen molar-refractivity contribution in [3.05, 3.63) is 78.4 Å². The van der Waals surface area contributed by atoms with Crippen molar-refractivity contribution in [3.63, 3.8) is 0 Å². The van der Waals surface area contributed by atoms with Crippen LogP contribution in [0.25, 0.3) is 17.1 Å². The number of hydrogen-bond donors (Lipinski definition) is 1. The zero-order valence-corrected chi connectivity index (χ0v) is 26.3. The van der Waals surface area contributed by atoms with Gasteiger partial charge in [0.05, 0.1) is 36.5 Å². The summed E-state index contributed by atoms with van der Waals surface area (Å²) in [4.78, 5) is 34.2. The van der Waals surface area contributed by atoms with Crippen molar-refractivity contribution in [2.45, 2.75) is 23.2 Å². The molecule has 0 saturated carbocycles. The number of nitrogens with one attached hydrogen (secondary N) is 1. The van der Waals surface area contributed by atoms with E-state index in [9.17, 15) is 40.1 Å². The predicted octanol–water partition coefficient (Wildman–Crippen LogP) is 6.46. The van der Waals surface area contributed by atoms with Crippen molar-refractivity contribution in [1.29, 1.82) is 0 Å². The molecule has 3 aromatic carbocycles. The van der Waals surface area contributed by atoms with Crippen molar-refractivity contribution >= 4 is 51.0 Å². The number of thioether (sulfide) groups is 1. The molecule has 1 atom stereocenters. The first-order chi connectivity index (χ1) is 23.1. The number of carbonyl (C=O) groups is 2. The van der Waals surface area contributed by atoms with Crippen molar-refractivity contribution < 1.29 is 54.0 Å². The van der Waals surface area contributed by atoms with Gasteiger partial charge in [0.15, 0.2) is 21.8 Å². The fourth-order valence-electron chi connectivity index (χ4n) is 4.32. The first-order valence-electron chi connectivity index (χ1n) is 13.6. The van der Waals surface area contributed by atoms with Crippen LogP contribution in [0.2, 0.25) is 0 Å². The van der Waals surface area contributed by atoms with Crippen LogP contribution in [0.4, 0.5) is 46.9 Å². The van der Waals surface area contributed by atoms with Gasteiger partial charge in [-0.2, -0.15) is 31.3 Å². The second-order valence-corrected chi connectivity index (χ2v) is 12.3. The highest BCUT2D eigenvalue weighted by Crippen LogP contribution is 2.34. The standard InChI is InChI=1S/C29H21F7N6O5S2/c1-46-19-6-2-17(12-47-14-28(31,32)33)23(11-19)42-24(43)13-48-27(42)39-26(44)38-22-9-3-16(10-21(22)30)25-37-15-41(40-25)18-4-7-20(8-5-18)49(45)29(34,35)36/h2-11,15H,12-14H2,1H3,(H,38,44)/b39-27-. The Balaban J connectivity index is 1.30. The van der Waals surface area contributed by atoms with E-state index in [4.69, 9.17) is 9.47 Å². The van der Waals surface area contributed by atoms with Crippen LogP contribution in [0.5, 0.6) is 5.75 Å². The lowest BCUT2D eigenvalue weighted by atomic mass is 10.1. The second kappa shape index (κ2) is 14.3. The average Bonchev–Trinajstić information content (AvgIpc) is 3.68. The van der Waals surface area contributed by atoms with Gasteiger partial charge in [0.1, 0.15) is 24.5 Å². The maximum atomic E-state index is 15.1. The number of hydrogen-bond acceptors (Lipinski definition) is 8. The van der Waals surface area contributed by atoms with Gasteiger partial charge in [-0.1, -0.05) is 17.8 Å². The number of benzene rings is 3. The number of methoxy groups -OCH3 is 1. The summed E-state index contributed by atoms with van der Waals surface area (Å²) in [6, 6.07) is 11.4. The molecule has 2 heterocycles. The van der Waals surface area contributed by atoms with Gasteiger partial charge in [0, 0.05) is 22.1 Å². The Morgan fingerprint density at radius 3 is 2.45 bits per heavy atom. The third-order valence-corrected chi connectivity index (χ3v) is 8.55. The van der Waals surface area contributed by atoms with Crippen molar-refractivity contribution in [3.8, 4) is 22.8 Å². The number of urea groups is 1. The molecule has 4 aromatic rings. The molecule has 258 valence electrons. The summed E-state index contributed by atoms with van der Waals surface area (Å²) in [5.41, 5.74) is -4.48. The number of carbonyl (C=O) groups excluding carboxylic acids is 2. The molecular formula is C29H21F7N6O5S2. The lowest BCUT2D eigenvalue weighted by Crippen LogP contribution is -2.31. The first kappa shape index (κ1) is 35.5. The molecule has 11 nitrogen and oxygen atoms in total. The Bertz CT molecular complexity index is 1930. The lowest BCUT2D eigenvalue weighted by Gasteiger charge is -2.21. The third-order valence-electron chi connectivity index (χ3n) is 6.51. The molecule has 1 unspecified atom stereocenters. The molecule has 20 heteroatoms. The van der Waals surface area contributed by atoms with Crippen LogP contribution in [0, 0.1) is 5.82 Å². The minimum absolute atomic E-state index is 0.0322. The average molecular weight is 731 g/mol. The Kier molecular flexibility index (Phi) is 10.4. The van der Waals surface area contributed by atoms with E-state index in [1.54, 1.807) is 0 Å². The maximum absolute atomic E-state index is 15.1. The minimum atomic E-state index is -4.92. The summed E-state index contributed by atoms with van der Waals surface area (Å²) >= 11 is 0.876. The van der Waals surface area contributed by atoms with Crippen molar-refractivity contribution in [2.24, 2.45) is 4.99 Å². The summed E-state index contributed by atoms with van der Waals surface area (Å²) in [6.45, 7) is -2.05. The lowest BCUT2D eigenvalue weighted by molar-refractivity contribution is -0.176.